The molecule has 0 aliphatic heterocycles. The molecule has 1 unspecified atom stereocenters. The lowest BCUT2D eigenvalue weighted by Gasteiger charge is -2.11. The highest BCUT2D eigenvalue weighted by atomic mass is 35.5. The Hall–Kier alpha value is -1.19. The number of halogens is 1. The largest absolute Gasteiger partial charge is 0.493 e. The Morgan fingerprint density at radius 1 is 1.33 bits per heavy atom. The summed E-state index contributed by atoms with van der Waals surface area (Å²) in [7, 11) is 3.18. The molecular formula is C14H20ClNO2. The zero-order chi connectivity index (χ0) is 13.5. The molecule has 1 atom stereocenters. The monoisotopic (exact) mass is 269 g/mol. The second-order valence-corrected chi connectivity index (χ2v) is 4.35. The highest BCUT2D eigenvalue weighted by Gasteiger charge is 2.09. The predicted molar refractivity (Wildman–Crippen MR) is 76.7 cm³/mol. The molecule has 100 valence electrons. The smallest absolute Gasteiger partial charge is 0.179 e. The first-order valence-electron chi connectivity index (χ1n) is 5.95. The van der Waals surface area contributed by atoms with Crippen LogP contribution in [-0.2, 0) is 0 Å². The Bertz CT molecular complexity index is 419. The van der Waals surface area contributed by atoms with E-state index >= 15 is 0 Å². The van der Waals surface area contributed by atoms with Crippen molar-refractivity contribution in [3.8, 4) is 11.5 Å². The van der Waals surface area contributed by atoms with Gasteiger partial charge < -0.3 is 14.8 Å². The molecule has 1 rings (SSSR count). The van der Waals surface area contributed by atoms with Gasteiger partial charge in [-0.05, 0) is 31.2 Å². The van der Waals surface area contributed by atoms with Gasteiger partial charge in [0, 0.05) is 6.04 Å². The van der Waals surface area contributed by atoms with Gasteiger partial charge in [-0.2, -0.15) is 0 Å². The van der Waals surface area contributed by atoms with Crippen molar-refractivity contribution in [3.63, 3.8) is 0 Å². The zero-order valence-corrected chi connectivity index (χ0v) is 12.0. The van der Waals surface area contributed by atoms with E-state index in [0.717, 1.165) is 12.1 Å². The van der Waals surface area contributed by atoms with Crippen LogP contribution in [0.25, 0.3) is 6.08 Å². The first-order chi connectivity index (χ1) is 8.62. The first kappa shape index (κ1) is 14.9. The Labute approximate surface area is 114 Å². The van der Waals surface area contributed by atoms with Crippen LogP contribution in [0.4, 0.5) is 0 Å². The number of likely N-dealkylation sites (N-methyl/N-ethyl adjacent to an activating group) is 1. The summed E-state index contributed by atoms with van der Waals surface area (Å²) in [6.07, 6.45) is 4.10. The molecule has 0 aliphatic carbocycles. The lowest BCUT2D eigenvalue weighted by Crippen LogP contribution is -2.22. The summed E-state index contributed by atoms with van der Waals surface area (Å²) in [5, 5.41) is 3.85. The average molecular weight is 270 g/mol. The zero-order valence-electron chi connectivity index (χ0n) is 11.3. The summed E-state index contributed by atoms with van der Waals surface area (Å²) in [6.45, 7) is 5.12. The minimum Gasteiger partial charge on any atom is -0.493 e. The van der Waals surface area contributed by atoms with E-state index in [9.17, 15) is 0 Å². The van der Waals surface area contributed by atoms with Gasteiger partial charge in [0.1, 0.15) is 0 Å². The van der Waals surface area contributed by atoms with Crippen molar-refractivity contribution in [1.82, 2.24) is 5.32 Å². The summed E-state index contributed by atoms with van der Waals surface area (Å²) in [6, 6.07) is 4.08. The molecule has 1 aromatic carbocycles. The first-order valence-corrected chi connectivity index (χ1v) is 6.33. The molecule has 4 heteroatoms. The molecule has 1 N–H and O–H groups in total. The van der Waals surface area contributed by atoms with Gasteiger partial charge >= 0.3 is 0 Å². The van der Waals surface area contributed by atoms with Crippen LogP contribution < -0.4 is 14.8 Å². The molecule has 0 fully saturated rings. The maximum atomic E-state index is 6.14. The van der Waals surface area contributed by atoms with E-state index in [-0.39, 0.29) is 0 Å². The van der Waals surface area contributed by atoms with Gasteiger partial charge in [0.15, 0.2) is 11.5 Å². The van der Waals surface area contributed by atoms with Crippen molar-refractivity contribution in [2.45, 2.75) is 19.9 Å². The molecule has 0 radical (unpaired) electrons. The minimum absolute atomic E-state index is 0.321. The molecule has 0 spiro atoms. The van der Waals surface area contributed by atoms with Gasteiger partial charge in [0.25, 0.3) is 0 Å². The number of hydrogen-bond acceptors (Lipinski definition) is 3. The molecule has 0 bridgehead atoms. The fourth-order valence-corrected chi connectivity index (χ4v) is 1.98. The second-order valence-electron chi connectivity index (χ2n) is 3.94. The van der Waals surface area contributed by atoms with Crippen LogP contribution in [-0.4, -0.2) is 26.8 Å². The molecule has 1 aromatic rings. The molecule has 0 heterocycles. The molecule has 3 nitrogen and oxygen atoms in total. The quantitative estimate of drug-likeness (QED) is 0.859. The van der Waals surface area contributed by atoms with E-state index in [0.29, 0.717) is 22.6 Å². The highest BCUT2D eigenvalue weighted by molar-refractivity contribution is 6.32. The fourth-order valence-electron chi connectivity index (χ4n) is 1.68. The maximum absolute atomic E-state index is 6.14. The lowest BCUT2D eigenvalue weighted by atomic mass is 10.1. The molecular weight excluding hydrogens is 250 g/mol. The number of rotatable bonds is 6. The van der Waals surface area contributed by atoms with Crippen LogP contribution >= 0.6 is 11.6 Å². The fraction of sp³-hybridized carbons (Fsp3) is 0.429. The molecule has 0 saturated heterocycles. The van der Waals surface area contributed by atoms with Crippen molar-refractivity contribution in [1.29, 1.82) is 0 Å². The van der Waals surface area contributed by atoms with Gasteiger partial charge in [0.2, 0.25) is 0 Å². The van der Waals surface area contributed by atoms with E-state index in [2.05, 4.69) is 25.2 Å². The van der Waals surface area contributed by atoms with Gasteiger partial charge in [0.05, 0.1) is 19.2 Å². The number of benzene rings is 1. The Morgan fingerprint density at radius 2 is 2.06 bits per heavy atom. The van der Waals surface area contributed by atoms with E-state index in [4.69, 9.17) is 21.1 Å². The molecule has 0 aliphatic rings. The van der Waals surface area contributed by atoms with Crippen LogP contribution in [0.5, 0.6) is 11.5 Å². The third kappa shape index (κ3) is 3.93. The van der Waals surface area contributed by atoms with E-state index in [1.165, 1.54) is 0 Å². The van der Waals surface area contributed by atoms with Crippen molar-refractivity contribution in [3.05, 3.63) is 28.8 Å². The van der Waals surface area contributed by atoms with Crippen molar-refractivity contribution in [2.75, 3.05) is 20.8 Å². The summed E-state index contributed by atoms with van der Waals surface area (Å²) in [4.78, 5) is 0. The van der Waals surface area contributed by atoms with Gasteiger partial charge in [-0.1, -0.05) is 30.7 Å². The predicted octanol–water partition coefficient (Wildman–Crippen LogP) is 3.37. The Balaban J connectivity index is 2.94. The highest BCUT2D eigenvalue weighted by Crippen LogP contribution is 2.36. The van der Waals surface area contributed by atoms with E-state index in [1.807, 2.05) is 18.2 Å². The number of hydrogen-bond donors (Lipinski definition) is 1. The van der Waals surface area contributed by atoms with E-state index in [1.54, 1.807) is 14.2 Å². The van der Waals surface area contributed by atoms with Crippen LogP contribution in [0.1, 0.15) is 19.4 Å². The normalized spacial score (nSPS) is 12.7. The number of nitrogens with one attached hydrogen (secondary N) is 1. The van der Waals surface area contributed by atoms with Crippen LogP contribution in [0.3, 0.4) is 0 Å². The van der Waals surface area contributed by atoms with Gasteiger partial charge in [-0.3, -0.25) is 0 Å². The van der Waals surface area contributed by atoms with Crippen LogP contribution in [0.15, 0.2) is 18.2 Å². The average Bonchev–Trinajstić information content (AvgIpc) is 2.36. The van der Waals surface area contributed by atoms with Crippen LogP contribution in [0, 0.1) is 0 Å². The van der Waals surface area contributed by atoms with Gasteiger partial charge in [-0.25, -0.2) is 0 Å². The molecule has 0 aromatic heterocycles. The van der Waals surface area contributed by atoms with Crippen molar-refractivity contribution < 1.29 is 9.47 Å². The summed E-state index contributed by atoms with van der Waals surface area (Å²) in [5.41, 5.74) is 0.988. The molecule has 0 amide bonds. The number of ether oxygens (including phenoxy) is 2. The van der Waals surface area contributed by atoms with E-state index < -0.39 is 0 Å². The SMILES string of the molecule is CCNC(C)/C=C/c1cc(Cl)c(OC)c(OC)c1. The maximum Gasteiger partial charge on any atom is 0.179 e. The minimum atomic E-state index is 0.321. The summed E-state index contributed by atoms with van der Waals surface area (Å²) >= 11 is 6.14. The lowest BCUT2D eigenvalue weighted by molar-refractivity contribution is 0.355. The van der Waals surface area contributed by atoms with Gasteiger partial charge in [-0.15, -0.1) is 0 Å². The Morgan fingerprint density at radius 3 is 2.61 bits per heavy atom. The number of methoxy groups -OCH3 is 2. The standard InChI is InChI=1S/C14H20ClNO2/c1-5-16-10(2)6-7-11-8-12(15)14(18-4)13(9-11)17-3/h6-10,16H,5H2,1-4H3/b7-6+. The third-order valence-electron chi connectivity index (χ3n) is 2.56. The summed E-state index contributed by atoms with van der Waals surface area (Å²) < 4.78 is 10.4. The third-order valence-corrected chi connectivity index (χ3v) is 2.84. The Kier molecular flexibility index (Phi) is 6.02. The van der Waals surface area contributed by atoms with Crippen LogP contribution in [0.2, 0.25) is 5.02 Å². The second kappa shape index (κ2) is 7.29. The summed E-state index contributed by atoms with van der Waals surface area (Å²) in [5.74, 6) is 1.21. The molecule has 18 heavy (non-hydrogen) atoms. The molecule has 0 saturated carbocycles. The topological polar surface area (TPSA) is 30.5 Å². The van der Waals surface area contributed by atoms with Crippen molar-refractivity contribution >= 4 is 17.7 Å². The van der Waals surface area contributed by atoms with Crippen molar-refractivity contribution in [2.24, 2.45) is 0 Å².